The van der Waals surface area contributed by atoms with Crippen LogP contribution in [0.1, 0.15) is 42.6 Å². The highest BCUT2D eigenvalue weighted by Gasteiger charge is 2.10. The lowest BCUT2D eigenvalue weighted by atomic mass is 10.1. The minimum Gasteiger partial charge on any atom is -0.497 e. The Labute approximate surface area is 219 Å². The molecule has 1 N–H and O–H groups in total. The zero-order valence-electron chi connectivity index (χ0n) is 21.9. The number of carbonyl (C=O) groups is 1. The van der Waals surface area contributed by atoms with E-state index in [2.05, 4.69) is 47.1 Å². The van der Waals surface area contributed by atoms with Crippen LogP contribution in [0.4, 0.5) is 0 Å². The van der Waals surface area contributed by atoms with Crippen LogP contribution < -0.4 is 14.8 Å². The Morgan fingerprint density at radius 3 is 2.57 bits per heavy atom. The number of hydrogen-bond donors (Lipinski definition) is 1. The highest BCUT2D eigenvalue weighted by molar-refractivity contribution is 5.78. The number of para-hydroxylation sites is 2. The van der Waals surface area contributed by atoms with Crippen LogP contribution in [0.2, 0.25) is 0 Å². The third-order valence-electron chi connectivity index (χ3n) is 6.44. The molecule has 1 heterocycles. The second kappa shape index (κ2) is 13.5. The summed E-state index contributed by atoms with van der Waals surface area (Å²) in [7, 11) is 1.64. The molecule has 0 aliphatic carbocycles. The van der Waals surface area contributed by atoms with Gasteiger partial charge in [-0.15, -0.1) is 0 Å². The number of nitrogens with one attached hydrogen (secondary N) is 1. The molecule has 1 aromatic heterocycles. The highest BCUT2D eigenvalue weighted by atomic mass is 16.5. The van der Waals surface area contributed by atoms with Crippen molar-refractivity contribution in [2.75, 3.05) is 20.3 Å². The number of unbranched alkanes of at least 4 members (excludes halogenated alkanes) is 2. The van der Waals surface area contributed by atoms with Gasteiger partial charge in [0.2, 0.25) is 5.91 Å². The highest BCUT2D eigenvalue weighted by Crippen LogP contribution is 2.19. The van der Waals surface area contributed by atoms with E-state index >= 15 is 0 Å². The third-order valence-corrected chi connectivity index (χ3v) is 6.44. The molecule has 0 fully saturated rings. The summed E-state index contributed by atoms with van der Waals surface area (Å²) in [6.45, 7) is 4.32. The average Bonchev–Trinajstić information content (AvgIpc) is 3.26. The SMILES string of the molecule is COc1ccc(CC(=O)NCCCCCc2nc3ccccc3n2CCCOc2cccc(C)c2)cc1. The molecular formula is C31H37N3O3. The fourth-order valence-corrected chi connectivity index (χ4v) is 4.49. The van der Waals surface area contributed by atoms with Crippen LogP contribution in [-0.4, -0.2) is 35.7 Å². The van der Waals surface area contributed by atoms with Gasteiger partial charge in [-0.3, -0.25) is 4.79 Å². The van der Waals surface area contributed by atoms with E-state index in [4.69, 9.17) is 14.5 Å². The number of fused-ring (bicyclic) bond motifs is 1. The van der Waals surface area contributed by atoms with Crippen molar-refractivity contribution in [3.63, 3.8) is 0 Å². The van der Waals surface area contributed by atoms with Gasteiger partial charge < -0.3 is 19.4 Å². The van der Waals surface area contributed by atoms with Crippen molar-refractivity contribution in [3.8, 4) is 11.5 Å². The number of nitrogens with zero attached hydrogens (tertiary/aromatic N) is 2. The van der Waals surface area contributed by atoms with E-state index in [1.807, 2.05) is 42.5 Å². The summed E-state index contributed by atoms with van der Waals surface area (Å²) >= 11 is 0. The molecule has 4 rings (SSSR count). The molecule has 0 aliphatic heterocycles. The third kappa shape index (κ3) is 7.84. The second-order valence-electron chi connectivity index (χ2n) is 9.37. The maximum atomic E-state index is 12.2. The van der Waals surface area contributed by atoms with E-state index < -0.39 is 0 Å². The van der Waals surface area contributed by atoms with Gasteiger partial charge in [0.1, 0.15) is 17.3 Å². The van der Waals surface area contributed by atoms with Gasteiger partial charge in [0.05, 0.1) is 31.2 Å². The van der Waals surface area contributed by atoms with E-state index in [0.717, 1.165) is 67.1 Å². The molecule has 0 unspecified atom stereocenters. The number of benzene rings is 3. The summed E-state index contributed by atoms with van der Waals surface area (Å²) in [4.78, 5) is 17.1. The number of ether oxygens (including phenoxy) is 2. The molecular weight excluding hydrogens is 462 g/mol. The lowest BCUT2D eigenvalue weighted by Crippen LogP contribution is -2.26. The van der Waals surface area contributed by atoms with Crippen molar-refractivity contribution in [1.29, 1.82) is 0 Å². The Kier molecular flexibility index (Phi) is 9.58. The smallest absolute Gasteiger partial charge is 0.224 e. The van der Waals surface area contributed by atoms with E-state index in [-0.39, 0.29) is 5.91 Å². The number of imidazole rings is 1. The molecule has 0 radical (unpaired) electrons. The quantitative estimate of drug-likeness (QED) is 0.220. The molecule has 1 amide bonds. The van der Waals surface area contributed by atoms with Gasteiger partial charge in [0.15, 0.2) is 0 Å². The predicted molar refractivity (Wildman–Crippen MR) is 148 cm³/mol. The van der Waals surface area contributed by atoms with Gasteiger partial charge in [-0.05, 0) is 73.7 Å². The van der Waals surface area contributed by atoms with Crippen molar-refractivity contribution in [1.82, 2.24) is 14.9 Å². The first-order chi connectivity index (χ1) is 18.1. The predicted octanol–water partition coefficient (Wildman–Crippen LogP) is 5.89. The first kappa shape index (κ1) is 26.3. The van der Waals surface area contributed by atoms with E-state index in [1.165, 1.54) is 11.1 Å². The number of aryl methyl sites for hydroxylation is 3. The maximum Gasteiger partial charge on any atom is 0.224 e. The summed E-state index contributed by atoms with van der Waals surface area (Å²) < 4.78 is 13.5. The molecule has 0 spiro atoms. The van der Waals surface area contributed by atoms with Crippen LogP contribution in [0.5, 0.6) is 11.5 Å². The van der Waals surface area contributed by atoms with Gasteiger partial charge in [0.25, 0.3) is 0 Å². The Hall–Kier alpha value is -3.80. The molecule has 0 saturated heterocycles. The molecule has 6 heteroatoms. The Bertz CT molecular complexity index is 1280. The van der Waals surface area contributed by atoms with Gasteiger partial charge in [-0.1, -0.05) is 42.8 Å². The number of carbonyl (C=O) groups excluding carboxylic acids is 1. The summed E-state index contributed by atoms with van der Waals surface area (Å²) in [6, 6.07) is 24.1. The fourth-order valence-electron chi connectivity index (χ4n) is 4.49. The lowest BCUT2D eigenvalue weighted by Gasteiger charge is -2.11. The van der Waals surface area contributed by atoms with E-state index in [1.54, 1.807) is 7.11 Å². The van der Waals surface area contributed by atoms with Crippen molar-refractivity contribution >= 4 is 16.9 Å². The Morgan fingerprint density at radius 2 is 1.76 bits per heavy atom. The maximum absolute atomic E-state index is 12.2. The monoisotopic (exact) mass is 499 g/mol. The van der Waals surface area contributed by atoms with Crippen LogP contribution in [0.15, 0.2) is 72.8 Å². The number of amides is 1. The minimum atomic E-state index is 0.0554. The molecule has 6 nitrogen and oxygen atoms in total. The lowest BCUT2D eigenvalue weighted by molar-refractivity contribution is -0.120. The van der Waals surface area contributed by atoms with E-state index in [0.29, 0.717) is 19.6 Å². The summed E-state index contributed by atoms with van der Waals surface area (Å²) in [5, 5.41) is 3.04. The first-order valence-electron chi connectivity index (χ1n) is 13.2. The van der Waals surface area contributed by atoms with Crippen molar-refractivity contribution in [2.45, 2.75) is 52.0 Å². The largest absolute Gasteiger partial charge is 0.497 e. The summed E-state index contributed by atoms with van der Waals surface area (Å²) in [6.07, 6.45) is 5.27. The standard InChI is InChI=1S/C31H37N3O3/c1-24-10-8-11-27(22-24)37-21-9-20-34-29-13-6-5-12-28(29)33-30(34)14-4-3-7-19-32-31(35)23-25-15-17-26(36-2)18-16-25/h5-6,8,10-13,15-18,22H,3-4,7,9,14,19-21,23H2,1-2H3,(H,32,35). The van der Waals surface area contributed by atoms with Crippen molar-refractivity contribution in [2.24, 2.45) is 0 Å². The molecule has 37 heavy (non-hydrogen) atoms. The Balaban J connectivity index is 1.20. The van der Waals surface area contributed by atoms with Crippen molar-refractivity contribution in [3.05, 3.63) is 89.7 Å². The summed E-state index contributed by atoms with van der Waals surface area (Å²) in [5.41, 5.74) is 4.42. The van der Waals surface area contributed by atoms with Crippen LogP contribution in [0.3, 0.4) is 0 Å². The number of aromatic nitrogens is 2. The zero-order chi connectivity index (χ0) is 25.9. The molecule has 4 aromatic rings. The molecule has 0 saturated carbocycles. The minimum absolute atomic E-state index is 0.0554. The molecule has 3 aromatic carbocycles. The average molecular weight is 500 g/mol. The molecule has 0 atom stereocenters. The first-order valence-corrected chi connectivity index (χ1v) is 13.2. The van der Waals surface area contributed by atoms with Crippen LogP contribution in [0.25, 0.3) is 11.0 Å². The van der Waals surface area contributed by atoms with E-state index in [9.17, 15) is 4.79 Å². The van der Waals surface area contributed by atoms with Gasteiger partial charge in [-0.25, -0.2) is 4.98 Å². The number of rotatable bonds is 14. The number of hydrogen-bond acceptors (Lipinski definition) is 4. The fraction of sp³-hybridized carbons (Fsp3) is 0.355. The zero-order valence-corrected chi connectivity index (χ0v) is 21.9. The number of methoxy groups -OCH3 is 1. The van der Waals surface area contributed by atoms with Gasteiger partial charge in [-0.2, -0.15) is 0 Å². The topological polar surface area (TPSA) is 65.4 Å². The van der Waals surface area contributed by atoms with Gasteiger partial charge in [0, 0.05) is 19.5 Å². The normalized spacial score (nSPS) is 11.0. The van der Waals surface area contributed by atoms with Crippen LogP contribution in [-0.2, 0) is 24.2 Å². The van der Waals surface area contributed by atoms with Crippen LogP contribution in [0, 0.1) is 6.92 Å². The second-order valence-corrected chi connectivity index (χ2v) is 9.37. The Morgan fingerprint density at radius 1 is 0.919 bits per heavy atom. The molecule has 0 aliphatic rings. The van der Waals surface area contributed by atoms with Crippen molar-refractivity contribution < 1.29 is 14.3 Å². The van der Waals surface area contributed by atoms with Crippen LogP contribution >= 0.6 is 0 Å². The van der Waals surface area contributed by atoms with Gasteiger partial charge >= 0.3 is 0 Å². The summed E-state index contributed by atoms with van der Waals surface area (Å²) in [5.74, 6) is 2.90. The molecule has 194 valence electrons. The molecule has 0 bridgehead atoms.